The number of hydrogen-bond donors (Lipinski definition) is 2. The minimum Gasteiger partial charge on any atom is -0.364 e. The summed E-state index contributed by atoms with van der Waals surface area (Å²) in [6.07, 6.45) is 0.854. The van der Waals surface area contributed by atoms with Crippen molar-refractivity contribution in [2.75, 3.05) is 11.9 Å². The van der Waals surface area contributed by atoms with Gasteiger partial charge in [-0.05, 0) is 49.7 Å². The van der Waals surface area contributed by atoms with Gasteiger partial charge in [0.25, 0.3) is 5.91 Å². The molecule has 0 bridgehead atoms. The highest BCUT2D eigenvalue weighted by atomic mass is 19.1. The number of rotatable bonds is 7. The van der Waals surface area contributed by atoms with Crippen LogP contribution in [-0.4, -0.2) is 27.8 Å². The number of anilines is 1. The van der Waals surface area contributed by atoms with Crippen LogP contribution in [0.5, 0.6) is 0 Å². The Morgan fingerprint density at radius 2 is 1.93 bits per heavy atom. The van der Waals surface area contributed by atoms with Crippen molar-refractivity contribution < 1.29 is 13.7 Å². The Kier molecular flexibility index (Phi) is 5.75. The van der Waals surface area contributed by atoms with Crippen LogP contribution in [0, 0.1) is 12.7 Å². The van der Waals surface area contributed by atoms with Crippen molar-refractivity contribution >= 4 is 11.7 Å². The molecule has 7 nitrogen and oxygen atoms in total. The zero-order valence-corrected chi connectivity index (χ0v) is 15.1. The molecule has 0 saturated heterocycles. The summed E-state index contributed by atoms with van der Waals surface area (Å²) < 4.78 is 18.4. The summed E-state index contributed by atoms with van der Waals surface area (Å²) in [5, 5.41) is 17.9. The predicted octanol–water partition coefficient (Wildman–Crippen LogP) is 3.33. The molecule has 2 heterocycles. The molecular weight excluding hydrogens is 349 g/mol. The van der Waals surface area contributed by atoms with Crippen molar-refractivity contribution in [2.24, 2.45) is 0 Å². The summed E-state index contributed by atoms with van der Waals surface area (Å²) in [6, 6.07) is 9.37. The molecule has 0 aliphatic heterocycles. The molecule has 0 spiro atoms. The number of amides is 1. The van der Waals surface area contributed by atoms with Crippen molar-refractivity contribution in [3.8, 4) is 11.3 Å². The number of hydrogen-bond acceptors (Lipinski definition) is 6. The highest BCUT2D eigenvalue weighted by molar-refractivity contribution is 5.92. The summed E-state index contributed by atoms with van der Waals surface area (Å²) in [6.45, 7) is 4.79. The maximum absolute atomic E-state index is 13.1. The first kappa shape index (κ1) is 18.5. The Bertz CT molecular complexity index is 907. The molecule has 0 saturated carbocycles. The molecule has 0 atom stereocenters. The summed E-state index contributed by atoms with van der Waals surface area (Å²) in [5.74, 6) is 0.624. The van der Waals surface area contributed by atoms with Crippen LogP contribution in [0.25, 0.3) is 11.3 Å². The molecule has 2 aromatic heterocycles. The van der Waals surface area contributed by atoms with E-state index in [1.807, 2.05) is 13.8 Å². The molecule has 27 heavy (non-hydrogen) atoms. The van der Waals surface area contributed by atoms with Gasteiger partial charge in [0.2, 0.25) is 0 Å². The van der Waals surface area contributed by atoms with Gasteiger partial charge in [0.05, 0.1) is 0 Å². The van der Waals surface area contributed by atoms with Crippen molar-refractivity contribution in [3.05, 3.63) is 59.2 Å². The van der Waals surface area contributed by atoms with Crippen LogP contribution in [0.1, 0.15) is 35.2 Å². The number of benzene rings is 1. The lowest BCUT2D eigenvalue weighted by Crippen LogP contribution is -2.25. The SMILES string of the molecule is CCCNC(=O)c1ccc(NCc2c(-c3ccc(F)cc3)noc2C)nn1. The zero-order chi connectivity index (χ0) is 19.2. The average Bonchev–Trinajstić information content (AvgIpc) is 3.06. The average molecular weight is 369 g/mol. The maximum atomic E-state index is 13.1. The van der Waals surface area contributed by atoms with Gasteiger partial charge in [-0.25, -0.2) is 4.39 Å². The first-order chi connectivity index (χ1) is 13.1. The van der Waals surface area contributed by atoms with Crippen LogP contribution in [0.3, 0.4) is 0 Å². The quantitative estimate of drug-likeness (QED) is 0.664. The van der Waals surface area contributed by atoms with Crippen LogP contribution < -0.4 is 10.6 Å². The van der Waals surface area contributed by atoms with Gasteiger partial charge < -0.3 is 15.2 Å². The predicted molar refractivity (Wildman–Crippen MR) is 98.6 cm³/mol. The minimum atomic E-state index is -0.308. The number of aromatic nitrogens is 3. The molecule has 3 rings (SSSR count). The minimum absolute atomic E-state index is 0.246. The van der Waals surface area contributed by atoms with Gasteiger partial charge in [-0.2, -0.15) is 0 Å². The molecule has 8 heteroatoms. The van der Waals surface area contributed by atoms with E-state index >= 15 is 0 Å². The van der Waals surface area contributed by atoms with Crippen molar-refractivity contribution in [3.63, 3.8) is 0 Å². The number of nitrogens with one attached hydrogen (secondary N) is 2. The molecule has 3 aromatic rings. The molecular formula is C19H20FN5O2. The molecule has 0 radical (unpaired) electrons. The van der Waals surface area contributed by atoms with Crippen LogP contribution in [0.2, 0.25) is 0 Å². The third-order valence-corrected chi connectivity index (χ3v) is 3.98. The summed E-state index contributed by atoms with van der Waals surface area (Å²) >= 11 is 0. The van der Waals surface area contributed by atoms with Crippen LogP contribution in [0.4, 0.5) is 10.2 Å². The van der Waals surface area contributed by atoms with Gasteiger partial charge >= 0.3 is 0 Å². The first-order valence-electron chi connectivity index (χ1n) is 8.65. The molecule has 1 amide bonds. The lowest BCUT2D eigenvalue weighted by Gasteiger charge is -2.07. The van der Waals surface area contributed by atoms with Gasteiger partial charge in [-0.1, -0.05) is 12.1 Å². The lowest BCUT2D eigenvalue weighted by atomic mass is 10.1. The molecule has 0 aliphatic rings. The largest absolute Gasteiger partial charge is 0.364 e. The van der Waals surface area contributed by atoms with Crippen LogP contribution >= 0.6 is 0 Å². The molecule has 0 fully saturated rings. The van der Waals surface area contributed by atoms with E-state index in [0.717, 1.165) is 17.5 Å². The Hall–Kier alpha value is -3.29. The fourth-order valence-electron chi connectivity index (χ4n) is 2.49. The summed E-state index contributed by atoms with van der Waals surface area (Å²) in [5.41, 5.74) is 2.51. The Labute approximate surface area is 156 Å². The number of halogens is 1. The normalized spacial score (nSPS) is 10.6. The molecule has 1 aromatic carbocycles. The van der Waals surface area contributed by atoms with E-state index in [-0.39, 0.29) is 17.4 Å². The summed E-state index contributed by atoms with van der Waals surface area (Å²) in [7, 11) is 0. The number of aryl methyl sites for hydroxylation is 1. The fraction of sp³-hybridized carbons (Fsp3) is 0.263. The number of carbonyl (C=O) groups is 1. The van der Waals surface area contributed by atoms with Crippen molar-refractivity contribution in [1.29, 1.82) is 0 Å². The van der Waals surface area contributed by atoms with E-state index in [2.05, 4.69) is 26.0 Å². The molecule has 140 valence electrons. The second-order valence-corrected chi connectivity index (χ2v) is 5.99. The van der Waals surface area contributed by atoms with Gasteiger partial charge in [-0.15, -0.1) is 10.2 Å². The Morgan fingerprint density at radius 1 is 1.15 bits per heavy atom. The molecule has 2 N–H and O–H groups in total. The lowest BCUT2D eigenvalue weighted by molar-refractivity contribution is 0.0947. The van der Waals surface area contributed by atoms with Crippen molar-refractivity contribution in [1.82, 2.24) is 20.7 Å². The third-order valence-electron chi connectivity index (χ3n) is 3.98. The second kappa shape index (κ2) is 8.39. The van der Waals surface area contributed by atoms with E-state index < -0.39 is 0 Å². The van der Waals surface area contributed by atoms with Gasteiger partial charge in [0.1, 0.15) is 23.1 Å². The summed E-state index contributed by atoms with van der Waals surface area (Å²) in [4.78, 5) is 11.8. The highest BCUT2D eigenvalue weighted by Crippen LogP contribution is 2.26. The Balaban J connectivity index is 1.69. The topological polar surface area (TPSA) is 92.9 Å². The van der Waals surface area contributed by atoms with Gasteiger partial charge in [0, 0.05) is 24.2 Å². The monoisotopic (exact) mass is 369 g/mol. The first-order valence-corrected chi connectivity index (χ1v) is 8.65. The molecule has 0 unspecified atom stereocenters. The fourth-order valence-corrected chi connectivity index (χ4v) is 2.49. The maximum Gasteiger partial charge on any atom is 0.271 e. The smallest absolute Gasteiger partial charge is 0.271 e. The van der Waals surface area contributed by atoms with Gasteiger partial charge in [-0.3, -0.25) is 4.79 Å². The van der Waals surface area contributed by atoms with Crippen molar-refractivity contribution in [2.45, 2.75) is 26.8 Å². The second-order valence-electron chi connectivity index (χ2n) is 5.99. The van der Waals surface area contributed by atoms with E-state index in [9.17, 15) is 9.18 Å². The number of nitrogens with zero attached hydrogens (tertiary/aromatic N) is 3. The number of carbonyl (C=O) groups excluding carboxylic acids is 1. The highest BCUT2D eigenvalue weighted by Gasteiger charge is 2.15. The third kappa shape index (κ3) is 4.46. The van der Waals surface area contributed by atoms with Crippen LogP contribution in [0.15, 0.2) is 40.9 Å². The van der Waals surface area contributed by atoms with E-state index in [4.69, 9.17) is 4.52 Å². The van der Waals surface area contributed by atoms with Crippen LogP contribution in [-0.2, 0) is 6.54 Å². The zero-order valence-electron chi connectivity index (χ0n) is 15.1. The molecule has 0 aliphatic carbocycles. The van der Waals surface area contributed by atoms with E-state index in [1.54, 1.807) is 24.3 Å². The standard InChI is InChI=1S/C19H20FN5O2/c1-3-10-21-19(26)16-8-9-17(24-23-16)22-11-15-12(2)27-25-18(15)13-4-6-14(20)7-5-13/h4-9H,3,10-11H2,1-2H3,(H,21,26)(H,22,24). The van der Waals surface area contributed by atoms with E-state index in [0.29, 0.717) is 30.4 Å². The Morgan fingerprint density at radius 3 is 2.59 bits per heavy atom. The van der Waals surface area contributed by atoms with Gasteiger partial charge in [0.15, 0.2) is 5.69 Å². The van der Waals surface area contributed by atoms with E-state index in [1.165, 1.54) is 12.1 Å².